The molecule has 0 saturated heterocycles. The van der Waals surface area contributed by atoms with E-state index in [1.54, 1.807) is 25.1 Å². The third-order valence-corrected chi connectivity index (χ3v) is 4.03. The van der Waals surface area contributed by atoms with Gasteiger partial charge in [0, 0.05) is 4.90 Å². The van der Waals surface area contributed by atoms with Crippen LogP contribution in [0.5, 0.6) is 0 Å². The molecule has 0 aromatic heterocycles. The number of benzene rings is 1. The maximum absolute atomic E-state index is 12.4. The molecule has 0 bridgehead atoms. The first-order valence-electron chi connectivity index (χ1n) is 5.17. The molecule has 1 rings (SSSR count). The second-order valence-electron chi connectivity index (χ2n) is 4.00. The predicted octanol–water partition coefficient (Wildman–Crippen LogP) is 3.11. The number of hydrogen-bond acceptors (Lipinski definition) is 2. The Bertz CT molecular complexity index is 505. The largest absolute Gasteiger partial charge is 0.405 e. The topological polar surface area (TPSA) is 40.9 Å². The van der Waals surface area contributed by atoms with Crippen molar-refractivity contribution >= 4 is 10.8 Å². The second-order valence-corrected chi connectivity index (χ2v) is 5.47. The number of halogens is 3. The Hall–Kier alpha value is -1.35. The van der Waals surface area contributed by atoms with Crippen LogP contribution in [0.25, 0.3) is 0 Å². The Kier molecular flexibility index (Phi) is 4.52. The SMILES string of the molecule is Cc1ccc(S(=O)CC(C#N)C(F)(F)F)c(C)c1. The highest BCUT2D eigenvalue weighted by molar-refractivity contribution is 7.85. The first-order chi connectivity index (χ1) is 8.25. The van der Waals surface area contributed by atoms with Gasteiger partial charge in [-0.2, -0.15) is 18.4 Å². The highest BCUT2D eigenvalue weighted by Crippen LogP contribution is 2.28. The van der Waals surface area contributed by atoms with Gasteiger partial charge in [-0.1, -0.05) is 17.7 Å². The maximum atomic E-state index is 12.4. The summed E-state index contributed by atoms with van der Waals surface area (Å²) in [6, 6.07) is 6.14. The van der Waals surface area contributed by atoms with Gasteiger partial charge in [0.05, 0.1) is 22.6 Å². The summed E-state index contributed by atoms with van der Waals surface area (Å²) in [5, 5.41) is 8.47. The van der Waals surface area contributed by atoms with Gasteiger partial charge in [-0.05, 0) is 25.5 Å². The minimum absolute atomic E-state index is 0.352. The zero-order chi connectivity index (χ0) is 13.9. The highest BCUT2D eigenvalue weighted by Gasteiger charge is 2.41. The molecule has 0 saturated carbocycles. The summed E-state index contributed by atoms with van der Waals surface area (Å²) >= 11 is 0. The summed E-state index contributed by atoms with van der Waals surface area (Å²) in [7, 11) is -1.82. The summed E-state index contributed by atoms with van der Waals surface area (Å²) in [5.41, 5.74) is 1.62. The van der Waals surface area contributed by atoms with Crippen LogP contribution in [0.4, 0.5) is 13.2 Å². The standard InChI is InChI=1S/C12H12F3NOS/c1-8-3-4-11(9(2)5-8)18(17)7-10(6-16)12(13,14)15/h3-5,10H,7H2,1-2H3. The van der Waals surface area contributed by atoms with Gasteiger partial charge in [-0.25, -0.2) is 0 Å². The smallest absolute Gasteiger partial charge is 0.254 e. The van der Waals surface area contributed by atoms with Crippen LogP contribution in [0, 0.1) is 31.1 Å². The lowest BCUT2D eigenvalue weighted by atomic mass is 10.2. The molecule has 0 fully saturated rings. The Balaban J connectivity index is 2.93. The van der Waals surface area contributed by atoms with Crippen molar-refractivity contribution in [3.05, 3.63) is 29.3 Å². The molecule has 0 N–H and O–H groups in total. The minimum Gasteiger partial charge on any atom is -0.254 e. The molecule has 1 aromatic rings. The average molecular weight is 275 g/mol. The van der Waals surface area contributed by atoms with Crippen molar-refractivity contribution in [2.24, 2.45) is 5.92 Å². The van der Waals surface area contributed by atoms with E-state index in [4.69, 9.17) is 5.26 Å². The van der Waals surface area contributed by atoms with Gasteiger partial charge in [0.25, 0.3) is 0 Å². The summed E-state index contributed by atoms with van der Waals surface area (Å²) < 4.78 is 49.1. The number of rotatable bonds is 3. The Labute approximate surface area is 106 Å². The van der Waals surface area contributed by atoms with E-state index >= 15 is 0 Å². The van der Waals surface area contributed by atoms with Gasteiger partial charge in [0.2, 0.25) is 0 Å². The molecule has 98 valence electrons. The molecule has 2 unspecified atom stereocenters. The van der Waals surface area contributed by atoms with E-state index in [1.807, 2.05) is 6.92 Å². The molecule has 1 aromatic carbocycles. The lowest BCUT2D eigenvalue weighted by Crippen LogP contribution is -2.26. The quantitative estimate of drug-likeness (QED) is 0.850. The predicted molar refractivity (Wildman–Crippen MR) is 62.3 cm³/mol. The number of nitriles is 1. The van der Waals surface area contributed by atoms with Crippen molar-refractivity contribution in [1.29, 1.82) is 5.26 Å². The molecule has 0 radical (unpaired) electrons. The minimum atomic E-state index is -4.64. The fourth-order valence-electron chi connectivity index (χ4n) is 1.50. The van der Waals surface area contributed by atoms with Crippen LogP contribution in [-0.4, -0.2) is 16.1 Å². The molecule has 0 aliphatic rings. The van der Waals surface area contributed by atoms with E-state index in [1.165, 1.54) is 0 Å². The summed E-state index contributed by atoms with van der Waals surface area (Å²) in [5.74, 6) is -2.91. The summed E-state index contributed by atoms with van der Waals surface area (Å²) in [6.07, 6.45) is -4.64. The third-order valence-electron chi connectivity index (χ3n) is 2.44. The molecule has 0 amide bonds. The maximum Gasteiger partial charge on any atom is 0.405 e. The van der Waals surface area contributed by atoms with Crippen molar-refractivity contribution in [2.45, 2.75) is 24.9 Å². The molecule has 0 aliphatic carbocycles. The van der Waals surface area contributed by atoms with Crippen molar-refractivity contribution in [1.82, 2.24) is 0 Å². The summed E-state index contributed by atoms with van der Waals surface area (Å²) in [4.78, 5) is 0.352. The van der Waals surface area contributed by atoms with Crippen molar-refractivity contribution in [3.8, 4) is 6.07 Å². The van der Waals surface area contributed by atoms with Gasteiger partial charge in [-0.15, -0.1) is 0 Å². The zero-order valence-corrected chi connectivity index (χ0v) is 10.7. The first kappa shape index (κ1) is 14.7. The van der Waals surface area contributed by atoms with Gasteiger partial charge >= 0.3 is 6.18 Å². The molecule has 6 heteroatoms. The number of nitrogens with zero attached hydrogens (tertiary/aromatic N) is 1. The Morgan fingerprint density at radius 3 is 2.44 bits per heavy atom. The number of hydrogen-bond donors (Lipinski definition) is 0. The second kappa shape index (κ2) is 5.53. The average Bonchev–Trinajstić information content (AvgIpc) is 2.23. The molecule has 0 spiro atoms. The monoisotopic (exact) mass is 275 g/mol. The lowest BCUT2D eigenvalue weighted by Gasteiger charge is -2.13. The van der Waals surface area contributed by atoms with Crippen LogP contribution in [0.2, 0.25) is 0 Å². The van der Waals surface area contributed by atoms with E-state index in [9.17, 15) is 17.4 Å². The van der Waals surface area contributed by atoms with Crippen LogP contribution in [0.3, 0.4) is 0 Å². The van der Waals surface area contributed by atoms with Crippen molar-refractivity contribution in [3.63, 3.8) is 0 Å². The van der Waals surface area contributed by atoms with E-state index in [-0.39, 0.29) is 0 Å². The van der Waals surface area contributed by atoms with Crippen LogP contribution in [0.15, 0.2) is 23.1 Å². The van der Waals surface area contributed by atoms with Gasteiger partial charge < -0.3 is 0 Å². The molecule has 0 aliphatic heterocycles. The molecular weight excluding hydrogens is 263 g/mol. The number of aryl methyl sites for hydroxylation is 2. The van der Waals surface area contributed by atoms with Gasteiger partial charge in [0.1, 0.15) is 0 Å². The van der Waals surface area contributed by atoms with Crippen LogP contribution in [0.1, 0.15) is 11.1 Å². The molecule has 2 nitrogen and oxygen atoms in total. The normalized spacial score (nSPS) is 14.9. The van der Waals surface area contributed by atoms with Crippen LogP contribution < -0.4 is 0 Å². The third kappa shape index (κ3) is 3.57. The van der Waals surface area contributed by atoms with E-state index in [0.717, 1.165) is 11.6 Å². The van der Waals surface area contributed by atoms with Gasteiger partial charge in [-0.3, -0.25) is 4.21 Å². The Morgan fingerprint density at radius 2 is 2.00 bits per heavy atom. The first-order valence-corrected chi connectivity index (χ1v) is 6.49. The zero-order valence-electron chi connectivity index (χ0n) is 9.91. The summed E-state index contributed by atoms with van der Waals surface area (Å²) in [6.45, 7) is 3.53. The molecule has 0 heterocycles. The fourth-order valence-corrected chi connectivity index (χ4v) is 2.88. The Morgan fingerprint density at radius 1 is 1.39 bits per heavy atom. The van der Waals surface area contributed by atoms with E-state index < -0.39 is 28.6 Å². The molecule has 2 atom stereocenters. The van der Waals surface area contributed by atoms with Crippen molar-refractivity contribution in [2.75, 3.05) is 5.75 Å². The van der Waals surface area contributed by atoms with Crippen molar-refractivity contribution < 1.29 is 17.4 Å². The van der Waals surface area contributed by atoms with Gasteiger partial charge in [0.15, 0.2) is 5.92 Å². The van der Waals surface area contributed by atoms with Crippen LogP contribution in [-0.2, 0) is 10.8 Å². The fraction of sp³-hybridized carbons (Fsp3) is 0.417. The highest BCUT2D eigenvalue weighted by atomic mass is 32.2. The van der Waals surface area contributed by atoms with E-state index in [2.05, 4.69) is 0 Å². The lowest BCUT2D eigenvalue weighted by molar-refractivity contribution is -0.153. The molecule has 18 heavy (non-hydrogen) atoms. The molecular formula is C12H12F3NOS. The van der Waals surface area contributed by atoms with Crippen LogP contribution >= 0.6 is 0 Å². The number of alkyl halides is 3. The van der Waals surface area contributed by atoms with E-state index in [0.29, 0.717) is 10.5 Å².